The molecule has 0 heterocycles. The Hall–Kier alpha value is -8.66. The average Bonchev–Trinajstić information content (AvgIpc) is 3.86. The number of hydrogen-bond acceptors (Lipinski definition) is 3. The second-order valence-electron chi connectivity index (χ2n) is 17.5. The summed E-state index contributed by atoms with van der Waals surface area (Å²) in [6.45, 7) is 0. The highest BCUT2D eigenvalue weighted by Gasteiger charge is 2.53. The van der Waals surface area contributed by atoms with Crippen LogP contribution in [0.4, 0.5) is 17.1 Å². The number of rotatable bonds is 10. The molecule has 1 atom stereocenters. The number of fused-ring (bicyclic) bond motifs is 10. The summed E-state index contributed by atoms with van der Waals surface area (Å²) in [5.74, 6) is -0.140. The van der Waals surface area contributed by atoms with E-state index in [0.717, 1.165) is 67.1 Å². The zero-order valence-electron chi connectivity index (χ0n) is 36.6. The van der Waals surface area contributed by atoms with Gasteiger partial charge in [0.1, 0.15) is 0 Å². The van der Waals surface area contributed by atoms with Crippen molar-refractivity contribution in [2.75, 3.05) is 4.90 Å². The van der Waals surface area contributed by atoms with Crippen molar-refractivity contribution in [3.05, 3.63) is 316 Å². The molecule has 0 aliphatic heterocycles. The van der Waals surface area contributed by atoms with Crippen LogP contribution in [-0.2, 0) is 5.41 Å². The first-order valence-corrected chi connectivity index (χ1v) is 22.9. The van der Waals surface area contributed by atoms with E-state index in [0.29, 0.717) is 22.3 Å². The van der Waals surface area contributed by atoms with Crippen LogP contribution in [0.1, 0.15) is 76.7 Å². The van der Waals surface area contributed by atoms with Crippen LogP contribution in [-0.4, -0.2) is 11.6 Å². The second kappa shape index (κ2) is 16.4. The van der Waals surface area contributed by atoms with Crippen molar-refractivity contribution in [1.82, 2.24) is 0 Å². The van der Waals surface area contributed by atoms with Crippen molar-refractivity contribution in [1.29, 1.82) is 0 Å². The molecule has 67 heavy (non-hydrogen) atoms. The zero-order chi connectivity index (χ0) is 44.9. The van der Waals surface area contributed by atoms with Gasteiger partial charge in [0, 0.05) is 45.2 Å². The van der Waals surface area contributed by atoms with Crippen LogP contribution >= 0.6 is 0 Å². The Morgan fingerprint density at radius 1 is 0.299 bits per heavy atom. The summed E-state index contributed by atoms with van der Waals surface area (Å²) >= 11 is 0. The highest BCUT2D eigenvalue weighted by Crippen LogP contribution is 2.64. The molecule has 0 aromatic heterocycles. The SMILES string of the molecule is O=C(c1ccccc1)c1ccc2c(c1)C1(c3cc(C(=O)c4ccccc4)ccc3-c3ccc(N(c4ccccc4)c4ccccc4)cc31)c1cc(C(c3ccccc3)c3ccccc3)ccc1-2. The summed E-state index contributed by atoms with van der Waals surface area (Å²) in [4.78, 5) is 31.5. The smallest absolute Gasteiger partial charge is 0.193 e. The highest BCUT2D eigenvalue weighted by atomic mass is 16.1. The Kier molecular flexibility index (Phi) is 9.77. The van der Waals surface area contributed by atoms with Crippen LogP contribution < -0.4 is 4.90 Å². The molecule has 0 N–H and O–H groups in total. The number of para-hydroxylation sites is 2. The summed E-state index contributed by atoms with van der Waals surface area (Å²) in [5.41, 5.74) is 16.7. The van der Waals surface area contributed by atoms with Gasteiger partial charge in [-0.2, -0.15) is 0 Å². The molecule has 2 aliphatic rings. The standard InChI is InChI=1S/C64H43NO2/c66-62(45-23-11-3-12-24-45)48-32-36-54-53-35-31-47(61(43-19-7-1-8-20-43)44-21-9-2-10-22-44)39-57(53)64(58(54)40-48)59-41-49(63(67)46-25-13-4-14-26-46)33-37-55(59)56-38-34-52(42-60(56)64)65(50-27-15-5-16-28-50)51-29-17-6-18-30-51/h1-42,61H. The van der Waals surface area contributed by atoms with Gasteiger partial charge in [-0.25, -0.2) is 0 Å². The molecule has 1 unspecified atom stereocenters. The maximum absolute atomic E-state index is 14.6. The van der Waals surface area contributed by atoms with Gasteiger partial charge in [-0.05, 0) is 110 Å². The van der Waals surface area contributed by atoms with E-state index in [1.54, 1.807) is 0 Å². The quantitative estimate of drug-likeness (QED) is 0.102. The van der Waals surface area contributed by atoms with Crippen LogP contribution in [0.3, 0.4) is 0 Å². The van der Waals surface area contributed by atoms with E-state index in [-0.39, 0.29) is 17.5 Å². The van der Waals surface area contributed by atoms with Crippen molar-refractivity contribution in [2.24, 2.45) is 0 Å². The predicted octanol–water partition coefficient (Wildman–Crippen LogP) is 15.1. The fourth-order valence-electron chi connectivity index (χ4n) is 10.8. The van der Waals surface area contributed by atoms with Crippen LogP contribution in [0.5, 0.6) is 0 Å². The van der Waals surface area contributed by atoms with Crippen LogP contribution in [0.25, 0.3) is 22.3 Å². The van der Waals surface area contributed by atoms with E-state index < -0.39 is 5.41 Å². The number of benzene rings is 10. The number of carbonyl (C=O) groups is 2. The third-order valence-corrected chi connectivity index (χ3v) is 13.8. The summed E-state index contributed by atoms with van der Waals surface area (Å²) in [6.07, 6.45) is 0. The molecule has 0 radical (unpaired) electrons. The van der Waals surface area contributed by atoms with E-state index in [1.807, 2.05) is 84.9 Å². The lowest BCUT2D eigenvalue weighted by molar-refractivity contribution is 0.103. The highest BCUT2D eigenvalue weighted by molar-refractivity contribution is 6.11. The molecule has 3 heteroatoms. The Balaban J connectivity index is 1.18. The van der Waals surface area contributed by atoms with Gasteiger partial charge < -0.3 is 4.90 Å². The topological polar surface area (TPSA) is 37.4 Å². The Bertz CT molecular complexity index is 3160. The maximum Gasteiger partial charge on any atom is 0.193 e. The molecule has 10 aromatic carbocycles. The molecule has 0 amide bonds. The minimum absolute atomic E-state index is 0.0389. The monoisotopic (exact) mass is 857 g/mol. The summed E-state index contributed by atoms with van der Waals surface area (Å²) < 4.78 is 0. The van der Waals surface area contributed by atoms with E-state index in [4.69, 9.17) is 0 Å². The van der Waals surface area contributed by atoms with Crippen molar-refractivity contribution < 1.29 is 9.59 Å². The number of nitrogens with zero attached hydrogens (tertiary/aromatic N) is 1. The second-order valence-corrected chi connectivity index (χ2v) is 17.5. The van der Waals surface area contributed by atoms with Crippen LogP contribution in [0.2, 0.25) is 0 Å². The summed E-state index contributed by atoms with van der Waals surface area (Å²) in [6, 6.07) is 87.9. The lowest BCUT2D eigenvalue weighted by Gasteiger charge is -2.33. The summed E-state index contributed by atoms with van der Waals surface area (Å²) in [5, 5.41) is 0. The molecule has 3 nitrogen and oxygen atoms in total. The van der Waals surface area contributed by atoms with Crippen LogP contribution in [0.15, 0.2) is 255 Å². The van der Waals surface area contributed by atoms with Gasteiger partial charge in [0.2, 0.25) is 0 Å². The fourth-order valence-corrected chi connectivity index (χ4v) is 10.8. The first-order valence-electron chi connectivity index (χ1n) is 22.9. The number of hydrogen-bond donors (Lipinski definition) is 0. The van der Waals surface area contributed by atoms with Crippen molar-refractivity contribution in [3.8, 4) is 22.3 Å². The minimum atomic E-state index is -0.932. The van der Waals surface area contributed by atoms with E-state index in [1.165, 1.54) is 11.1 Å². The van der Waals surface area contributed by atoms with Crippen molar-refractivity contribution in [3.63, 3.8) is 0 Å². The van der Waals surface area contributed by atoms with Gasteiger partial charge in [0.05, 0.1) is 5.41 Å². The lowest BCUT2D eigenvalue weighted by Crippen LogP contribution is -2.27. The Morgan fingerprint density at radius 3 is 1.10 bits per heavy atom. The molecule has 0 saturated carbocycles. The van der Waals surface area contributed by atoms with E-state index >= 15 is 0 Å². The largest absolute Gasteiger partial charge is 0.310 e. The molecule has 0 bridgehead atoms. The van der Waals surface area contributed by atoms with Gasteiger partial charge in [-0.1, -0.05) is 206 Å². The van der Waals surface area contributed by atoms with Gasteiger partial charge in [0.25, 0.3) is 0 Å². The third-order valence-electron chi connectivity index (χ3n) is 13.8. The normalized spacial score (nSPS) is 14.0. The summed E-state index contributed by atoms with van der Waals surface area (Å²) in [7, 11) is 0. The minimum Gasteiger partial charge on any atom is -0.310 e. The average molecular weight is 858 g/mol. The molecule has 2 aliphatic carbocycles. The van der Waals surface area contributed by atoms with Gasteiger partial charge in [-0.3, -0.25) is 9.59 Å². The number of anilines is 3. The molecule has 0 saturated heterocycles. The molecule has 10 aromatic rings. The maximum atomic E-state index is 14.6. The first-order chi connectivity index (χ1) is 33.1. The zero-order valence-corrected chi connectivity index (χ0v) is 36.6. The molecule has 12 rings (SSSR count). The molecule has 0 fully saturated rings. The molecular formula is C64H43NO2. The van der Waals surface area contributed by atoms with E-state index in [9.17, 15) is 9.59 Å². The van der Waals surface area contributed by atoms with Gasteiger partial charge >= 0.3 is 0 Å². The molecule has 316 valence electrons. The Labute approximate surface area is 390 Å². The van der Waals surface area contributed by atoms with Crippen LogP contribution in [0, 0.1) is 0 Å². The number of ketones is 2. The number of carbonyl (C=O) groups excluding carboxylic acids is 2. The van der Waals surface area contributed by atoms with Gasteiger partial charge in [-0.15, -0.1) is 0 Å². The molecule has 1 spiro atoms. The fraction of sp³-hybridized carbons (Fsp3) is 0.0312. The van der Waals surface area contributed by atoms with E-state index in [2.05, 4.69) is 175 Å². The third kappa shape index (κ3) is 6.58. The van der Waals surface area contributed by atoms with Crippen molar-refractivity contribution in [2.45, 2.75) is 11.3 Å². The Morgan fingerprint density at radius 2 is 0.657 bits per heavy atom. The van der Waals surface area contributed by atoms with Gasteiger partial charge in [0.15, 0.2) is 11.6 Å². The molecular weight excluding hydrogens is 815 g/mol. The van der Waals surface area contributed by atoms with Crippen molar-refractivity contribution >= 4 is 28.6 Å². The first kappa shape index (κ1) is 39.9. The lowest BCUT2D eigenvalue weighted by atomic mass is 9.69. The predicted molar refractivity (Wildman–Crippen MR) is 271 cm³/mol.